The van der Waals surface area contributed by atoms with Gasteiger partial charge < -0.3 is 5.43 Å². The largest absolute Gasteiger partial charge is 0.312 e. The first-order valence-corrected chi connectivity index (χ1v) is 9.69. The fourth-order valence-electron chi connectivity index (χ4n) is 2.38. The Morgan fingerprint density at radius 3 is 1.47 bits per heavy atom. The van der Waals surface area contributed by atoms with E-state index in [1.165, 1.54) is 17.1 Å². The van der Waals surface area contributed by atoms with Crippen LogP contribution in [-0.2, 0) is 9.59 Å². The molecule has 0 saturated heterocycles. The van der Waals surface area contributed by atoms with Crippen molar-refractivity contribution in [2.75, 3.05) is 21.1 Å². The molecule has 0 saturated carbocycles. The van der Waals surface area contributed by atoms with Crippen molar-refractivity contribution in [3.63, 3.8) is 0 Å². The van der Waals surface area contributed by atoms with E-state index < -0.39 is 11.8 Å². The van der Waals surface area contributed by atoms with E-state index in [1.807, 2.05) is 60.7 Å². The SMILES string of the molecule is CNN=C(C(=O)NN(C)C(=S)c1ccccc1)C(=O)NN(C)C(=S)c1ccccc1. The first-order chi connectivity index (χ1) is 14.3. The standard InChI is InChI=1S/C20H22N6O2S2/c1-21-22-16(17(27)23-25(2)19(29)14-10-6-4-7-11-14)18(28)24-26(3)20(30)15-12-8-5-9-13-15/h4-13,21H,1-3H3,(H,23,27)(H,24,28). The van der Waals surface area contributed by atoms with Crippen LogP contribution >= 0.6 is 24.4 Å². The molecule has 0 aliphatic carbocycles. The van der Waals surface area contributed by atoms with E-state index in [-0.39, 0.29) is 5.71 Å². The van der Waals surface area contributed by atoms with Crippen LogP contribution in [0.4, 0.5) is 0 Å². The lowest BCUT2D eigenvalue weighted by Gasteiger charge is -2.23. The quantitative estimate of drug-likeness (QED) is 0.278. The molecule has 10 heteroatoms. The van der Waals surface area contributed by atoms with Crippen LogP contribution in [0.1, 0.15) is 11.1 Å². The summed E-state index contributed by atoms with van der Waals surface area (Å²) in [7, 11) is 4.65. The number of benzene rings is 2. The molecule has 0 spiro atoms. The predicted molar refractivity (Wildman–Crippen MR) is 125 cm³/mol. The molecular weight excluding hydrogens is 420 g/mol. The Bertz CT molecular complexity index is 877. The van der Waals surface area contributed by atoms with Crippen molar-refractivity contribution in [3.05, 3.63) is 71.8 Å². The molecule has 8 nitrogen and oxygen atoms in total. The molecule has 0 heterocycles. The van der Waals surface area contributed by atoms with Crippen LogP contribution in [0.2, 0.25) is 0 Å². The van der Waals surface area contributed by atoms with Gasteiger partial charge in [-0.3, -0.25) is 30.5 Å². The molecule has 2 rings (SSSR count). The zero-order chi connectivity index (χ0) is 22.1. The Balaban J connectivity index is 2.05. The number of amides is 2. The topological polar surface area (TPSA) is 89.1 Å². The molecule has 30 heavy (non-hydrogen) atoms. The minimum atomic E-state index is -0.735. The van der Waals surface area contributed by atoms with Crippen molar-refractivity contribution in [1.82, 2.24) is 26.3 Å². The summed E-state index contributed by atoms with van der Waals surface area (Å²) < 4.78 is 0. The number of carbonyl (C=O) groups is 2. The maximum Gasteiger partial charge on any atom is 0.296 e. The molecule has 156 valence electrons. The maximum atomic E-state index is 12.6. The summed E-state index contributed by atoms with van der Waals surface area (Å²) in [4.78, 5) is 26.1. The molecule has 0 fully saturated rings. The lowest BCUT2D eigenvalue weighted by molar-refractivity contribution is -0.121. The van der Waals surface area contributed by atoms with Gasteiger partial charge in [0.2, 0.25) is 5.71 Å². The van der Waals surface area contributed by atoms with E-state index in [2.05, 4.69) is 21.4 Å². The lowest BCUT2D eigenvalue weighted by atomic mass is 10.2. The molecule has 2 aromatic rings. The summed E-state index contributed by atoms with van der Waals surface area (Å²) in [6.45, 7) is 0. The molecule has 2 aromatic carbocycles. The van der Waals surface area contributed by atoms with Crippen LogP contribution in [0.15, 0.2) is 65.8 Å². The van der Waals surface area contributed by atoms with Crippen molar-refractivity contribution in [2.24, 2.45) is 5.10 Å². The number of nitrogens with one attached hydrogen (secondary N) is 3. The van der Waals surface area contributed by atoms with Crippen LogP contribution in [0.5, 0.6) is 0 Å². The van der Waals surface area contributed by atoms with Gasteiger partial charge in [-0.1, -0.05) is 85.1 Å². The van der Waals surface area contributed by atoms with E-state index >= 15 is 0 Å². The average Bonchev–Trinajstić information content (AvgIpc) is 2.77. The van der Waals surface area contributed by atoms with E-state index in [0.29, 0.717) is 9.98 Å². The van der Waals surface area contributed by atoms with Crippen LogP contribution < -0.4 is 16.3 Å². The normalized spacial score (nSPS) is 9.70. The Hall–Kier alpha value is -3.37. The van der Waals surface area contributed by atoms with Gasteiger partial charge in [-0.15, -0.1) is 0 Å². The average molecular weight is 443 g/mol. The van der Waals surface area contributed by atoms with Gasteiger partial charge in [-0.05, 0) is 0 Å². The molecule has 0 unspecified atom stereocenters. The number of hydrogen-bond acceptors (Lipinski definition) is 6. The zero-order valence-corrected chi connectivity index (χ0v) is 18.4. The summed E-state index contributed by atoms with van der Waals surface area (Å²) in [5.74, 6) is -1.47. The first-order valence-electron chi connectivity index (χ1n) is 8.87. The fraction of sp³-hybridized carbons (Fsp3) is 0.150. The highest BCUT2D eigenvalue weighted by Gasteiger charge is 2.24. The van der Waals surface area contributed by atoms with Gasteiger partial charge >= 0.3 is 0 Å². The highest BCUT2D eigenvalue weighted by atomic mass is 32.1. The van der Waals surface area contributed by atoms with Crippen molar-refractivity contribution in [1.29, 1.82) is 0 Å². The molecule has 2 amide bonds. The fourth-order valence-corrected chi connectivity index (χ4v) is 2.74. The highest BCUT2D eigenvalue weighted by Crippen LogP contribution is 2.04. The van der Waals surface area contributed by atoms with Gasteiger partial charge in [0.15, 0.2) is 0 Å². The number of hydrazine groups is 2. The van der Waals surface area contributed by atoms with Crippen LogP contribution in [0.25, 0.3) is 0 Å². The minimum Gasteiger partial charge on any atom is -0.312 e. The number of rotatable bonds is 5. The second kappa shape index (κ2) is 11.0. The molecule has 0 aliphatic heterocycles. The summed E-state index contributed by atoms with van der Waals surface area (Å²) in [5.41, 5.74) is 8.67. The lowest BCUT2D eigenvalue weighted by Crippen LogP contribution is -2.53. The van der Waals surface area contributed by atoms with Gasteiger partial charge in [-0.2, -0.15) is 5.10 Å². The van der Waals surface area contributed by atoms with Gasteiger partial charge in [0, 0.05) is 32.3 Å². The molecular formula is C20H22N6O2S2. The summed E-state index contributed by atoms with van der Waals surface area (Å²) >= 11 is 10.7. The van der Waals surface area contributed by atoms with Crippen molar-refractivity contribution < 1.29 is 9.59 Å². The third kappa shape index (κ3) is 6.06. The van der Waals surface area contributed by atoms with Crippen molar-refractivity contribution in [2.45, 2.75) is 0 Å². The van der Waals surface area contributed by atoms with Gasteiger partial charge in [0.1, 0.15) is 9.98 Å². The summed E-state index contributed by atoms with van der Waals surface area (Å²) in [6, 6.07) is 18.4. The number of hydrogen-bond donors (Lipinski definition) is 3. The Morgan fingerprint density at radius 2 is 1.13 bits per heavy atom. The van der Waals surface area contributed by atoms with Crippen molar-refractivity contribution >= 4 is 51.9 Å². The van der Waals surface area contributed by atoms with E-state index in [0.717, 1.165) is 11.1 Å². The van der Waals surface area contributed by atoms with Crippen LogP contribution in [-0.4, -0.2) is 58.7 Å². The molecule has 3 N–H and O–H groups in total. The first kappa shape index (κ1) is 22.9. The van der Waals surface area contributed by atoms with Crippen molar-refractivity contribution in [3.8, 4) is 0 Å². The Morgan fingerprint density at radius 1 is 0.767 bits per heavy atom. The van der Waals surface area contributed by atoms with Crippen LogP contribution in [0.3, 0.4) is 0 Å². The Labute approximate surface area is 185 Å². The third-order valence-electron chi connectivity index (χ3n) is 3.84. The summed E-state index contributed by atoms with van der Waals surface area (Å²) in [5, 5.41) is 6.50. The van der Waals surface area contributed by atoms with Gasteiger partial charge in [0.25, 0.3) is 11.8 Å². The third-order valence-corrected chi connectivity index (χ3v) is 4.86. The van der Waals surface area contributed by atoms with E-state index in [1.54, 1.807) is 14.1 Å². The highest BCUT2D eigenvalue weighted by molar-refractivity contribution is 7.80. The van der Waals surface area contributed by atoms with Crippen LogP contribution in [0, 0.1) is 0 Å². The second-order valence-corrected chi connectivity index (χ2v) is 6.80. The Kier molecular flexibility index (Phi) is 8.39. The molecule has 0 aliphatic rings. The van der Waals surface area contributed by atoms with Gasteiger partial charge in [-0.25, -0.2) is 0 Å². The summed E-state index contributed by atoms with van der Waals surface area (Å²) in [6.07, 6.45) is 0. The number of hydrazone groups is 1. The molecule has 0 atom stereocenters. The molecule has 0 aromatic heterocycles. The number of nitrogens with zero attached hydrogens (tertiary/aromatic N) is 3. The second-order valence-electron chi connectivity index (χ2n) is 6.03. The van der Waals surface area contributed by atoms with Gasteiger partial charge in [0.05, 0.1) is 0 Å². The van der Waals surface area contributed by atoms with E-state index in [4.69, 9.17) is 24.4 Å². The molecule has 0 radical (unpaired) electrons. The molecule has 0 bridgehead atoms. The maximum absolute atomic E-state index is 12.6. The smallest absolute Gasteiger partial charge is 0.296 e. The number of carbonyl (C=O) groups excluding carboxylic acids is 2. The number of thiocarbonyl (C=S) groups is 2. The minimum absolute atomic E-state index is 0.385. The van der Waals surface area contributed by atoms with E-state index in [9.17, 15) is 9.59 Å². The predicted octanol–water partition coefficient (Wildman–Crippen LogP) is 1.24. The zero-order valence-electron chi connectivity index (χ0n) is 16.7. The monoisotopic (exact) mass is 442 g/mol.